The Morgan fingerprint density at radius 1 is 1.35 bits per heavy atom. The maximum absolute atomic E-state index is 11.2. The van der Waals surface area contributed by atoms with E-state index in [0.717, 1.165) is 13.5 Å². The second-order valence-electron chi connectivity index (χ2n) is 4.08. The van der Waals surface area contributed by atoms with Crippen molar-refractivity contribution in [2.24, 2.45) is 0 Å². The number of amides is 2. The largest absolute Gasteiger partial charge is 0.479 e. The molecule has 0 saturated heterocycles. The first kappa shape index (κ1) is 15.7. The van der Waals surface area contributed by atoms with Gasteiger partial charge in [-0.2, -0.15) is 0 Å². The van der Waals surface area contributed by atoms with Crippen LogP contribution in [0, 0.1) is 0 Å². The predicted octanol–water partition coefficient (Wildman–Crippen LogP) is -0.927. The molecular weight excluding hydrogens is 226 g/mol. The summed E-state index contributed by atoms with van der Waals surface area (Å²) in [6.45, 7) is 4.85. The Balaban J connectivity index is 3.77. The van der Waals surface area contributed by atoms with Crippen LogP contribution in [0.25, 0.3) is 0 Å². The second-order valence-corrected chi connectivity index (χ2v) is 4.08. The quantitative estimate of drug-likeness (QED) is 0.466. The van der Waals surface area contributed by atoms with E-state index in [0.29, 0.717) is 13.1 Å². The van der Waals surface area contributed by atoms with Gasteiger partial charge in [0.05, 0.1) is 6.54 Å². The van der Waals surface area contributed by atoms with Crippen LogP contribution in [-0.4, -0.2) is 65.9 Å². The summed E-state index contributed by atoms with van der Waals surface area (Å²) in [5.74, 6) is -1.37. The number of nitrogens with one attached hydrogen (secondary N) is 2. The van der Waals surface area contributed by atoms with Gasteiger partial charge in [-0.25, -0.2) is 9.59 Å². The van der Waals surface area contributed by atoms with E-state index in [4.69, 9.17) is 5.11 Å². The van der Waals surface area contributed by atoms with Gasteiger partial charge in [0.2, 0.25) is 0 Å². The van der Waals surface area contributed by atoms with Gasteiger partial charge in [-0.1, -0.05) is 6.92 Å². The summed E-state index contributed by atoms with van der Waals surface area (Å²) < 4.78 is 0. The van der Waals surface area contributed by atoms with Crippen molar-refractivity contribution in [2.75, 3.05) is 33.2 Å². The van der Waals surface area contributed by atoms with Crippen molar-refractivity contribution in [2.45, 2.75) is 19.4 Å². The predicted molar refractivity (Wildman–Crippen MR) is 62.8 cm³/mol. The number of carboxylic acids is 1. The normalized spacial score (nSPS) is 14.2. The Bertz CT molecular complexity index is 268. The van der Waals surface area contributed by atoms with Crippen LogP contribution in [0.5, 0.6) is 0 Å². The number of hydrogen-bond donors (Lipinski definition) is 4. The van der Waals surface area contributed by atoms with E-state index in [1.807, 2.05) is 18.9 Å². The number of nitrogens with zero attached hydrogens (tertiary/aromatic N) is 1. The molecule has 0 aliphatic carbocycles. The number of carbonyl (C=O) groups excluding carboxylic acids is 1. The first-order valence-electron chi connectivity index (χ1n) is 5.45. The lowest BCUT2D eigenvalue weighted by molar-refractivity contribution is -0.155. The fraction of sp³-hybridized carbons (Fsp3) is 0.800. The van der Waals surface area contributed by atoms with Gasteiger partial charge in [-0.05, 0) is 20.5 Å². The molecule has 4 N–H and O–H groups in total. The number of rotatable bonds is 7. The number of aliphatic carboxylic acids is 1. The van der Waals surface area contributed by atoms with Gasteiger partial charge < -0.3 is 25.7 Å². The molecule has 0 spiro atoms. The highest BCUT2D eigenvalue weighted by Gasteiger charge is 2.30. The molecule has 0 saturated carbocycles. The molecule has 0 aromatic heterocycles. The standard InChI is InChI=1S/C10H21N3O4/c1-4-13(3)6-5-11-9(16)12-7-10(2,17)8(14)15/h17H,4-7H2,1-3H3,(H,14,15)(H2,11,12,16). The van der Waals surface area contributed by atoms with Crippen LogP contribution in [0.2, 0.25) is 0 Å². The smallest absolute Gasteiger partial charge is 0.337 e. The number of urea groups is 1. The minimum absolute atomic E-state index is 0.336. The molecule has 0 radical (unpaired) electrons. The maximum Gasteiger partial charge on any atom is 0.337 e. The number of carboxylic acid groups (broad SMARTS) is 1. The van der Waals surface area contributed by atoms with E-state index in [1.54, 1.807) is 0 Å². The van der Waals surface area contributed by atoms with Gasteiger partial charge in [0, 0.05) is 13.1 Å². The molecule has 0 aromatic rings. The number of carbonyl (C=O) groups is 2. The summed E-state index contributed by atoms with van der Waals surface area (Å²) in [6, 6.07) is -0.490. The van der Waals surface area contributed by atoms with E-state index in [9.17, 15) is 14.7 Å². The van der Waals surface area contributed by atoms with Crippen molar-refractivity contribution in [1.29, 1.82) is 0 Å². The minimum Gasteiger partial charge on any atom is -0.479 e. The van der Waals surface area contributed by atoms with E-state index in [-0.39, 0.29) is 6.54 Å². The zero-order valence-electron chi connectivity index (χ0n) is 10.5. The third-order valence-corrected chi connectivity index (χ3v) is 2.37. The minimum atomic E-state index is -1.95. The van der Waals surface area contributed by atoms with Gasteiger partial charge in [-0.15, -0.1) is 0 Å². The van der Waals surface area contributed by atoms with E-state index < -0.39 is 17.6 Å². The summed E-state index contributed by atoms with van der Waals surface area (Å²) in [5.41, 5.74) is -1.95. The number of hydrogen-bond acceptors (Lipinski definition) is 4. The average Bonchev–Trinajstić information content (AvgIpc) is 2.26. The number of aliphatic hydroxyl groups is 1. The topological polar surface area (TPSA) is 102 Å². The number of likely N-dealkylation sites (N-methyl/N-ethyl adjacent to an activating group) is 1. The highest BCUT2D eigenvalue weighted by atomic mass is 16.4. The maximum atomic E-state index is 11.2. The Morgan fingerprint density at radius 3 is 2.41 bits per heavy atom. The van der Waals surface area contributed by atoms with Crippen LogP contribution in [0.1, 0.15) is 13.8 Å². The summed E-state index contributed by atoms with van der Waals surface area (Å²) in [5, 5.41) is 22.8. The third-order valence-electron chi connectivity index (χ3n) is 2.37. The van der Waals surface area contributed by atoms with E-state index in [1.165, 1.54) is 0 Å². The van der Waals surface area contributed by atoms with Crippen LogP contribution in [0.3, 0.4) is 0 Å². The first-order chi connectivity index (χ1) is 7.79. The van der Waals surface area contributed by atoms with Gasteiger partial charge in [0.25, 0.3) is 0 Å². The Morgan fingerprint density at radius 2 is 1.94 bits per heavy atom. The van der Waals surface area contributed by atoms with Gasteiger partial charge >= 0.3 is 12.0 Å². The van der Waals surface area contributed by atoms with Gasteiger partial charge in [0.1, 0.15) is 0 Å². The van der Waals surface area contributed by atoms with Crippen molar-refractivity contribution in [3.05, 3.63) is 0 Å². The Labute approximate surface area is 101 Å². The van der Waals surface area contributed by atoms with Crippen molar-refractivity contribution in [3.8, 4) is 0 Å². The SMILES string of the molecule is CCN(C)CCNC(=O)NCC(C)(O)C(=O)O. The van der Waals surface area contributed by atoms with Crippen LogP contribution < -0.4 is 10.6 Å². The molecule has 0 aliphatic heterocycles. The van der Waals surface area contributed by atoms with Crippen LogP contribution >= 0.6 is 0 Å². The summed E-state index contributed by atoms with van der Waals surface area (Å²) in [4.78, 5) is 23.8. The molecule has 2 amide bonds. The van der Waals surface area contributed by atoms with Crippen molar-refractivity contribution >= 4 is 12.0 Å². The molecule has 1 atom stereocenters. The fourth-order valence-corrected chi connectivity index (χ4v) is 0.909. The summed E-state index contributed by atoms with van der Waals surface area (Å²) in [6.07, 6.45) is 0. The van der Waals surface area contributed by atoms with Crippen LogP contribution in [0.15, 0.2) is 0 Å². The first-order valence-corrected chi connectivity index (χ1v) is 5.45. The van der Waals surface area contributed by atoms with Crippen LogP contribution in [-0.2, 0) is 4.79 Å². The highest BCUT2D eigenvalue weighted by molar-refractivity contribution is 5.79. The van der Waals surface area contributed by atoms with Crippen molar-refractivity contribution < 1.29 is 19.8 Å². The molecule has 0 aliphatic rings. The Kier molecular flexibility index (Phi) is 6.52. The molecule has 0 bridgehead atoms. The molecule has 7 nitrogen and oxygen atoms in total. The zero-order chi connectivity index (χ0) is 13.5. The van der Waals surface area contributed by atoms with Crippen molar-refractivity contribution in [1.82, 2.24) is 15.5 Å². The van der Waals surface area contributed by atoms with Crippen LogP contribution in [0.4, 0.5) is 4.79 Å². The lowest BCUT2D eigenvalue weighted by atomic mass is 10.1. The molecule has 17 heavy (non-hydrogen) atoms. The van der Waals surface area contributed by atoms with Crippen molar-refractivity contribution in [3.63, 3.8) is 0 Å². The lowest BCUT2D eigenvalue weighted by Crippen LogP contribution is -2.49. The lowest BCUT2D eigenvalue weighted by Gasteiger charge is -2.19. The molecule has 1 unspecified atom stereocenters. The molecule has 100 valence electrons. The molecular formula is C10H21N3O4. The second kappa shape index (κ2) is 7.08. The molecule has 0 heterocycles. The molecule has 0 rings (SSSR count). The van der Waals surface area contributed by atoms with E-state index >= 15 is 0 Å². The van der Waals surface area contributed by atoms with Gasteiger partial charge in [-0.3, -0.25) is 0 Å². The Hall–Kier alpha value is -1.34. The molecule has 7 heteroatoms. The fourth-order valence-electron chi connectivity index (χ4n) is 0.909. The third kappa shape index (κ3) is 6.75. The molecule has 0 fully saturated rings. The highest BCUT2D eigenvalue weighted by Crippen LogP contribution is 2.00. The van der Waals surface area contributed by atoms with E-state index in [2.05, 4.69) is 10.6 Å². The zero-order valence-corrected chi connectivity index (χ0v) is 10.5. The van der Waals surface area contributed by atoms with Gasteiger partial charge in [0.15, 0.2) is 5.60 Å². The monoisotopic (exact) mass is 247 g/mol. The summed E-state index contributed by atoms with van der Waals surface area (Å²) in [7, 11) is 1.93. The average molecular weight is 247 g/mol. The summed E-state index contributed by atoms with van der Waals surface area (Å²) >= 11 is 0. The molecule has 0 aromatic carbocycles.